The third-order valence-corrected chi connectivity index (χ3v) is 10.9. The average molecular weight is 698 g/mol. The van der Waals surface area contributed by atoms with Crippen LogP contribution in [0.15, 0.2) is 48.7 Å². The fourth-order valence-electron chi connectivity index (χ4n) is 6.35. The molecular weight excluding hydrogens is 654 g/mol. The second kappa shape index (κ2) is 13.6. The fourth-order valence-corrected chi connectivity index (χ4v) is 7.72. The van der Waals surface area contributed by atoms with Crippen LogP contribution in [0.25, 0.3) is 10.8 Å². The number of benzene rings is 1. The summed E-state index contributed by atoms with van der Waals surface area (Å²) in [5.74, 6) is -2.13. The Morgan fingerprint density at radius 1 is 1.12 bits per heavy atom. The minimum atomic E-state index is -3.89. The minimum absolute atomic E-state index is 0.0105. The summed E-state index contributed by atoms with van der Waals surface area (Å²) in [6.45, 7) is 5.61. The van der Waals surface area contributed by atoms with Gasteiger partial charge >= 0.3 is 6.09 Å². The molecule has 264 valence electrons. The number of carbonyl (C=O) groups is 4. The molecule has 2 aromatic rings. The Morgan fingerprint density at radius 2 is 1.90 bits per heavy atom. The lowest BCUT2D eigenvalue weighted by Crippen LogP contribution is -2.58. The number of nitrogens with zero attached hydrogens (tertiary/aromatic N) is 2. The van der Waals surface area contributed by atoms with Crippen LogP contribution in [0.5, 0.6) is 5.88 Å². The Labute approximate surface area is 285 Å². The van der Waals surface area contributed by atoms with Crippen LogP contribution in [0.2, 0.25) is 0 Å². The first-order valence-corrected chi connectivity index (χ1v) is 18.2. The zero-order valence-corrected chi connectivity index (χ0v) is 28.7. The number of hydrogen-bond donors (Lipinski definition) is 3. The van der Waals surface area contributed by atoms with E-state index in [2.05, 4.69) is 20.3 Å². The standard InChI is InChI=1S/C34H43N5O9S/c1-33(2,3)48-32(43)36-26-11-7-17-46-16-6-9-22-19-34(22,31(42)38-49(44,45)24-12-13-24)37-28(40)27-18-23(20-39(27)30(26)41)47-29-25-10-5-4-8-21(25)14-15-35-29/h4-6,8-10,14-15,22-24,26-27H,7,11-13,16-20H2,1-3H3,(H,36,43)(H,37,40)(H,38,42)/t22-,23?,26+,27+,34-/m1/s1. The molecule has 3 fully saturated rings. The Balaban J connectivity index is 1.30. The number of alkyl carbamates (subject to hydrolysis) is 1. The summed E-state index contributed by atoms with van der Waals surface area (Å²) in [6, 6.07) is 7.23. The van der Waals surface area contributed by atoms with Gasteiger partial charge in [0, 0.05) is 30.5 Å². The quantitative estimate of drug-likeness (QED) is 0.379. The van der Waals surface area contributed by atoms with E-state index in [0.29, 0.717) is 25.1 Å². The molecule has 4 aliphatic rings. The highest BCUT2D eigenvalue weighted by molar-refractivity contribution is 7.91. The normalized spacial score (nSPS) is 27.9. The predicted molar refractivity (Wildman–Crippen MR) is 178 cm³/mol. The van der Waals surface area contributed by atoms with E-state index < -0.39 is 74.3 Å². The van der Waals surface area contributed by atoms with E-state index in [4.69, 9.17) is 14.2 Å². The van der Waals surface area contributed by atoms with Crippen LogP contribution < -0.4 is 20.1 Å². The Bertz CT molecular complexity index is 1750. The van der Waals surface area contributed by atoms with Crippen molar-refractivity contribution in [1.29, 1.82) is 0 Å². The van der Waals surface area contributed by atoms with Crippen molar-refractivity contribution in [3.63, 3.8) is 0 Å². The summed E-state index contributed by atoms with van der Waals surface area (Å²) in [4.78, 5) is 60.7. The van der Waals surface area contributed by atoms with Crippen LogP contribution in [0.3, 0.4) is 0 Å². The Kier molecular flexibility index (Phi) is 9.59. The smallest absolute Gasteiger partial charge is 0.408 e. The number of carbonyl (C=O) groups excluding carboxylic acids is 4. The summed E-state index contributed by atoms with van der Waals surface area (Å²) < 4.78 is 45.1. The summed E-state index contributed by atoms with van der Waals surface area (Å²) in [7, 11) is -3.89. The van der Waals surface area contributed by atoms with Crippen molar-refractivity contribution in [1.82, 2.24) is 25.2 Å². The molecule has 49 heavy (non-hydrogen) atoms. The Morgan fingerprint density at radius 3 is 2.65 bits per heavy atom. The van der Waals surface area contributed by atoms with E-state index in [-0.39, 0.29) is 39.0 Å². The number of fused-ring (bicyclic) bond motifs is 3. The fraction of sp³-hybridized carbons (Fsp3) is 0.559. The summed E-state index contributed by atoms with van der Waals surface area (Å²) in [5.41, 5.74) is -2.35. The van der Waals surface area contributed by atoms with Crippen molar-refractivity contribution in [3.05, 3.63) is 48.7 Å². The molecule has 0 radical (unpaired) electrons. The van der Waals surface area contributed by atoms with Gasteiger partial charge in [-0.3, -0.25) is 19.1 Å². The SMILES string of the molecule is CC(C)(C)OC(=O)N[C@H]1CCCOCC=C[C@@H]2C[C@@]2(C(=O)NS(=O)(=O)C2CC2)NC(=O)[C@@H]2CC(Oc3nccc4ccccc34)CN2C1=O. The lowest BCUT2D eigenvalue weighted by molar-refractivity contribution is -0.141. The first-order valence-electron chi connectivity index (χ1n) is 16.7. The largest absolute Gasteiger partial charge is 0.472 e. The molecule has 6 rings (SSSR count). The molecule has 1 saturated heterocycles. The van der Waals surface area contributed by atoms with Crippen LogP contribution >= 0.6 is 0 Å². The van der Waals surface area contributed by atoms with Gasteiger partial charge in [-0.05, 0) is 70.4 Å². The molecule has 2 saturated carbocycles. The molecule has 0 bridgehead atoms. The van der Waals surface area contributed by atoms with Crippen LogP contribution in [0, 0.1) is 5.92 Å². The van der Waals surface area contributed by atoms with Crippen LogP contribution in [-0.2, 0) is 33.9 Å². The van der Waals surface area contributed by atoms with Gasteiger partial charge in [0.05, 0.1) is 18.4 Å². The molecule has 3 heterocycles. The molecule has 2 aliphatic carbocycles. The van der Waals surface area contributed by atoms with E-state index in [1.165, 1.54) is 4.90 Å². The third-order valence-electron chi connectivity index (χ3n) is 9.08. The van der Waals surface area contributed by atoms with Gasteiger partial charge in [-0.2, -0.15) is 0 Å². The van der Waals surface area contributed by atoms with Crippen molar-refractivity contribution >= 4 is 44.6 Å². The molecule has 4 amide bonds. The highest BCUT2D eigenvalue weighted by Crippen LogP contribution is 2.46. The van der Waals surface area contributed by atoms with Gasteiger partial charge in [0.15, 0.2) is 0 Å². The molecule has 14 nitrogen and oxygen atoms in total. The van der Waals surface area contributed by atoms with Crippen molar-refractivity contribution in [3.8, 4) is 5.88 Å². The van der Waals surface area contributed by atoms with Gasteiger partial charge in [-0.25, -0.2) is 18.2 Å². The van der Waals surface area contributed by atoms with E-state index >= 15 is 0 Å². The zero-order valence-electron chi connectivity index (χ0n) is 27.8. The topological polar surface area (TPSA) is 182 Å². The maximum absolute atomic E-state index is 14.3. The van der Waals surface area contributed by atoms with Gasteiger partial charge in [-0.15, -0.1) is 0 Å². The molecule has 0 spiro atoms. The molecular formula is C34H43N5O9S. The van der Waals surface area contributed by atoms with Gasteiger partial charge in [-0.1, -0.05) is 30.4 Å². The minimum Gasteiger partial charge on any atom is -0.472 e. The van der Waals surface area contributed by atoms with Gasteiger partial charge in [0.2, 0.25) is 27.7 Å². The Hall–Kier alpha value is -4.24. The zero-order chi connectivity index (χ0) is 35.0. The number of aromatic nitrogens is 1. The molecule has 1 aromatic carbocycles. The summed E-state index contributed by atoms with van der Waals surface area (Å²) in [6.07, 6.45) is 5.42. The third kappa shape index (κ3) is 7.99. The molecule has 1 aromatic heterocycles. The van der Waals surface area contributed by atoms with Crippen molar-refractivity contribution in [2.24, 2.45) is 5.92 Å². The molecule has 5 atom stereocenters. The van der Waals surface area contributed by atoms with Crippen LogP contribution in [0.1, 0.15) is 59.3 Å². The second-order valence-electron chi connectivity index (χ2n) is 14.1. The highest BCUT2D eigenvalue weighted by Gasteiger charge is 2.62. The van der Waals surface area contributed by atoms with E-state index in [0.717, 1.165) is 10.8 Å². The van der Waals surface area contributed by atoms with Crippen molar-refractivity contribution in [2.75, 3.05) is 19.8 Å². The van der Waals surface area contributed by atoms with Crippen molar-refractivity contribution in [2.45, 2.75) is 93.9 Å². The van der Waals surface area contributed by atoms with Crippen LogP contribution in [0.4, 0.5) is 4.79 Å². The predicted octanol–water partition coefficient (Wildman–Crippen LogP) is 2.33. The number of hydrogen-bond acceptors (Lipinski definition) is 10. The van der Waals surface area contributed by atoms with Gasteiger partial charge in [0.1, 0.15) is 29.3 Å². The van der Waals surface area contributed by atoms with Gasteiger partial charge < -0.3 is 29.7 Å². The second-order valence-corrected chi connectivity index (χ2v) is 16.1. The maximum atomic E-state index is 14.3. The van der Waals surface area contributed by atoms with Gasteiger partial charge in [0.25, 0.3) is 5.91 Å². The monoisotopic (exact) mass is 697 g/mol. The lowest BCUT2D eigenvalue weighted by atomic mass is 10.1. The lowest BCUT2D eigenvalue weighted by Gasteiger charge is -2.30. The molecule has 1 unspecified atom stereocenters. The van der Waals surface area contributed by atoms with Crippen LogP contribution in [-0.4, -0.2) is 96.5 Å². The summed E-state index contributed by atoms with van der Waals surface area (Å²) >= 11 is 0. The highest BCUT2D eigenvalue weighted by atomic mass is 32.2. The average Bonchev–Trinajstić information content (AvgIpc) is 3.96. The maximum Gasteiger partial charge on any atom is 0.408 e. The first-order chi connectivity index (χ1) is 23.3. The number of pyridine rings is 1. The summed E-state index contributed by atoms with van der Waals surface area (Å²) in [5, 5.41) is 6.54. The molecule has 15 heteroatoms. The number of sulfonamides is 1. The first kappa shape index (κ1) is 34.6. The molecule has 3 N–H and O–H groups in total. The number of ether oxygens (including phenoxy) is 3. The van der Waals surface area contributed by atoms with E-state index in [9.17, 15) is 27.6 Å². The number of nitrogens with one attached hydrogen (secondary N) is 3. The molecule has 2 aliphatic heterocycles. The van der Waals surface area contributed by atoms with E-state index in [1.54, 1.807) is 39.1 Å². The number of rotatable bonds is 6. The number of amides is 4. The van der Waals surface area contributed by atoms with Crippen molar-refractivity contribution < 1.29 is 41.8 Å². The van der Waals surface area contributed by atoms with E-state index in [1.807, 2.05) is 30.3 Å².